The number of aromatic nitrogens is 1. The fourth-order valence-corrected chi connectivity index (χ4v) is 2.89. The molecule has 0 radical (unpaired) electrons. The van der Waals surface area contributed by atoms with Crippen molar-refractivity contribution < 1.29 is 19.1 Å². The van der Waals surface area contributed by atoms with Crippen molar-refractivity contribution in [2.75, 3.05) is 21.2 Å². The second kappa shape index (κ2) is 8.08. The third-order valence-corrected chi connectivity index (χ3v) is 4.39. The molecule has 28 heavy (non-hydrogen) atoms. The lowest BCUT2D eigenvalue weighted by molar-refractivity contribution is -0.137. The number of hydrogen-bond acceptors (Lipinski definition) is 5. The molecule has 144 valence electrons. The molecule has 1 amide bonds. The van der Waals surface area contributed by atoms with Gasteiger partial charge in [0.15, 0.2) is 6.10 Å². The number of pyridine rings is 1. The predicted octanol–water partition coefficient (Wildman–Crippen LogP) is 3.54. The topological polar surface area (TPSA) is 68.7 Å². The summed E-state index contributed by atoms with van der Waals surface area (Å²) in [6.45, 7) is 1.56. The van der Waals surface area contributed by atoms with Crippen LogP contribution in [0.5, 0.6) is 5.75 Å². The van der Waals surface area contributed by atoms with Crippen LogP contribution in [0.3, 0.4) is 0 Å². The zero-order chi connectivity index (χ0) is 20.3. The van der Waals surface area contributed by atoms with Gasteiger partial charge in [0, 0.05) is 25.0 Å². The summed E-state index contributed by atoms with van der Waals surface area (Å²) in [4.78, 5) is 30.9. The quantitative estimate of drug-likeness (QED) is 0.635. The number of methoxy groups -OCH3 is 1. The molecule has 1 heterocycles. The summed E-state index contributed by atoms with van der Waals surface area (Å²) in [5, 5.41) is 0.675. The number of hydrogen-bond donors (Lipinski definition) is 0. The van der Waals surface area contributed by atoms with E-state index in [1.807, 2.05) is 48.5 Å². The molecule has 0 saturated heterocycles. The number of para-hydroxylation sites is 1. The Balaban J connectivity index is 2.02. The number of carbonyl (C=O) groups excluding carboxylic acids is 2. The molecule has 0 unspecified atom stereocenters. The number of esters is 1. The third-order valence-electron chi connectivity index (χ3n) is 4.39. The van der Waals surface area contributed by atoms with Crippen LogP contribution >= 0.6 is 0 Å². The molecule has 0 aliphatic carbocycles. The van der Waals surface area contributed by atoms with Gasteiger partial charge in [0.1, 0.15) is 5.75 Å². The molecule has 0 N–H and O–H groups in total. The van der Waals surface area contributed by atoms with Crippen LogP contribution in [0.15, 0.2) is 54.6 Å². The van der Waals surface area contributed by atoms with E-state index < -0.39 is 12.1 Å². The lowest BCUT2D eigenvalue weighted by Crippen LogP contribution is -2.34. The van der Waals surface area contributed by atoms with E-state index >= 15 is 0 Å². The Bertz CT molecular complexity index is 1010. The molecule has 0 fully saturated rings. The molecule has 6 nitrogen and oxygen atoms in total. The molecular formula is C22H22N2O4. The number of carbonyl (C=O) groups is 2. The van der Waals surface area contributed by atoms with Crippen LogP contribution in [-0.2, 0) is 9.53 Å². The highest BCUT2D eigenvalue weighted by atomic mass is 16.5. The van der Waals surface area contributed by atoms with Crippen LogP contribution in [0, 0.1) is 0 Å². The first-order chi connectivity index (χ1) is 13.4. The fraction of sp³-hybridized carbons (Fsp3) is 0.227. The van der Waals surface area contributed by atoms with Gasteiger partial charge >= 0.3 is 5.97 Å². The van der Waals surface area contributed by atoms with Gasteiger partial charge in [0.05, 0.1) is 23.9 Å². The highest BCUT2D eigenvalue weighted by molar-refractivity contribution is 6.05. The predicted molar refractivity (Wildman–Crippen MR) is 107 cm³/mol. The largest absolute Gasteiger partial charge is 0.497 e. The average molecular weight is 378 g/mol. The molecule has 1 aromatic heterocycles. The number of fused-ring (bicyclic) bond motifs is 1. The third kappa shape index (κ3) is 3.96. The molecule has 0 aliphatic rings. The van der Waals surface area contributed by atoms with Crippen LogP contribution in [0.2, 0.25) is 0 Å². The summed E-state index contributed by atoms with van der Waals surface area (Å²) in [5.41, 5.74) is 2.53. The molecule has 0 spiro atoms. The first-order valence-corrected chi connectivity index (χ1v) is 8.87. The van der Waals surface area contributed by atoms with Crippen molar-refractivity contribution in [3.63, 3.8) is 0 Å². The van der Waals surface area contributed by atoms with E-state index in [0.717, 1.165) is 11.3 Å². The zero-order valence-corrected chi connectivity index (χ0v) is 16.3. The lowest BCUT2D eigenvalue weighted by Gasteiger charge is -2.18. The molecule has 0 aliphatic heterocycles. The Morgan fingerprint density at radius 1 is 1.04 bits per heavy atom. The number of benzene rings is 2. The van der Waals surface area contributed by atoms with E-state index in [9.17, 15) is 9.59 Å². The van der Waals surface area contributed by atoms with E-state index in [1.165, 1.54) is 4.90 Å². The maximum atomic E-state index is 12.8. The standard InChI is InChI=1S/C22H22N2O4/c1-14(21(25)24(2)3)28-22(26)18-13-20(15-9-11-16(27-4)12-10-15)23-19-8-6-5-7-17(18)19/h5-14H,1-4H3/t14-/m1/s1. The number of ether oxygens (including phenoxy) is 2. The summed E-state index contributed by atoms with van der Waals surface area (Å²) >= 11 is 0. The SMILES string of the molecule is COc1ccc(-c2cc(C(=O)O[C@H](C)C(=O)N(C)C)c3ccccc3n2)cc1. The smallest absolute Gasteiger partial charge is 0.339 e. The van der Waals surface area contributed by atoms with E-state index in [2.05, 4.69) is 4.98 Å². The van der Waals surface area contributed by atoms with Gasteiger partial charge in [-0.05, 0) is 43.3 Å². The Morgan fingerprint density at radius 3 is 2.36 bits per heavy atom. The molecular weight excluding hydrogens is 356 g/mol. The molecule has 6 heteroatoms. The van der Waals surface area contributed by atoms with E-state index in [0.29, 0.717) is 22.2 Å². The number of likely N-dealkylation sites (N-methyl/N-ethyl adjacent to an activating group) is 1. The van der Waals surface area contributed by atoms with Crippen molar-refractivity contribution in [1.29, 1.82) is 0 Å². The van der Waals surface area contributed by atoms with Gasteiger partial charge in [-0.15, -0.1) is 0 Å². The summed E-state index contributed by atoms with van der Waals surface area (Å²) < 4.78 is 10.6. The highest BCUT2D eigenvalue weighted by Gasteiger charge is 2.22. The average Bonchev–Trinajstić information content (AvgIpc) is 2.72. The summed E-state index contributed by atoms with van der Waals surface area (Å²) in [6, 6.07) is 16.5. The first-order valence-electron chi connectivity index (χ1n) is 8.87. The molecule has 3 aromatic rings. The Kier molecular flexibility index (Phi) is 5.59. The zero-order valence-electron chi connectivity index (χ0n) is 16.3. The van der Waals surface area contributed by atoms with Gasteiger partial charge in [-0.1, -0.05) is 18.2 Å². The van der Waals surface area contributed by atoms with Crippen molar-refractivity contribution in [2.24, 2.45) is 0 Å². The second-order valence-electron chi connectivity index (χ2n) is 6.58. The Hall–Kier alpha value is -3.41. The van der Waals surface area contributed by atoms with Crippen LogP contribution in [0.25, 0.3) is 22.2 Å². The van der Waals surface area contributed by atoms with Crippen molar-refractivity contribution >= 4 is 22.8 Å². The van der Waals surface area contributed by atoms with Gasteiger partial charge in [0.2, 0.25) is 0 Å². The van der Waals surface area contributed by atoms with Gasteiger partial charge in [-0.25, -0.2) is 9.78 Å². The molecule has 1 atom stereocenters. The van der Waals surface area contributed by atoms with Crippen LogP contribution in [0.4, 0.5) is 0 Å². The summed E-state index contributed by atoms with van der Waals surface area (Å²) in [5.74, 6) is -0.0988. The van der Waals surface area contributed by atoms with Crippen molar-refractivity contribution in [2.45, 2.75) is 13.0 Å². The maximum absolute atomic E-state index is 12.8. The van der Waals surface area contributed by atoms with E-state index in [-0.39, 0.29) is 5.91 Å². The fourth-order valence-electron chi connectivity index (χ4n) is 2.89. The van der Waals surface area contributed by atoms with Crippen molar-refractivity contribution in [3.8, 4) is 17.0 Å². The Morgan fingerprint density at radius 2 is 1.71 bits per heavy atom. The second-order valence-corrected chi connectivity index (χ2v) is 6.58. The highest BCUT2D eigenvalue weighted by Crippen LogP contribution is 2.27. The van der Waals surface area contributed by atoms with E-state index in [4.69, 9.17) is 9.47 Å². The summed E-state index contributed by atoms with van der Waals surface area (Å²) in [6.07, 6.45) is -0.876. The number of rotatable bonds is 5. The normalized spacial score (nSPS) is 11.7. The molecule has 3 rings (SSSR count). The van der Waals surface area contributed by atoms with Crippen LogP contribution < -0.4 is 4.74 Å². The van der Waals surface area contributed by atoms with Crippen LogP contribution in [-0.4, -0.2) is 49.1 Å². The maximum Gasteiger partial charge on any atom is 0.339 e. The van der Waals surface area contributed by atoms with Crippen molar-refractivity contribution in [1.82, 2.24) is 9.88 Å². The molecule has 2 aromatic carbocycles. The van der Waals surface area contributed by atoms with Crippen LogP contribution in [0.1, 0.15) is 17.3 Å². The molecule has 0 bridgehead atoms. The minimum absolute atomic E-state index is 0.276. The van der Waals surface area contributed by atoms with E-state index in [1.54, 1.807) is 34.2 Å². The number of nitrogens with zero attached hydrogens (tertiary/aromatic N) is 2. The minimum Gasteiger partial charge on any atom is -0.497 e. The summed E-state index contributed by atoms with van der Waals surface area (Å²) in [7, 11) is 4.85. The minimum atomic E-state index is -0.876. The van der Waals surface area contributed by atoms with Gasteiger partial charge in [0.25, 0.3) is 5.91 Å². The van der Waals surface area contributed by atoms with Gasteiger partial charge < -0.3 is 14.4 Å². The lowest BCUT2D eigenvalue weighted by atomic mass is 10.0. The molecule has 0 saturated carbocycles. The van der Waals surface area contributed by atoms with Crippen molar-refractivity contribution in [3.05, 3.63) is 60.2 Å². The van der Waals surface area contributed by atoms with Gasteiger partial charge in [-0.2, -0.15) is 0 Å². The first kappa shape index (κ1) is 19.4. The van der Waals surface area contributed by atoms with Gasteiger partial charge in [-0.3, -0.25) is 4.79 Å². The number of amides is 1. The monoisotopic (exact) mass is 378 g/mol. The Labute approximate surface area is 163 Å².